The molecule has 2 atom stereocenters. The first kappa shape index (κ1) is 23.2. The van der Waals surface area contributed by atoms with Crippen molar-refractivity contribution in [2.45, 2.75) is 26.6 Å². The van der Waals surface area contributed by atoms with Crippen molar-refractivity contribution < 1.29 is 35.9 Å². The fraction of sp³-hybridized carbons (Fsp3) is 0.318. The Bertz CT molecular complexity index is 1040. The Labute approximate surface area is 179 Å². The maximum Gasteiger partial charge on any atom is 0.426 e. The monoisotopic (exact) mass is 462 g/mol. The van der Waals surface area contributed by atoms with Crippen molar-refractivity contribution in [3.8, 4) is 11.1 Å². The Morgan fingerprint density at radius 3 is 2.42 bits per heavy atom. The smallest absolute Gasteiger partial charge is 0.426 e. The summed E-state index contributed by atoms with van der Waals surface area (Å²) in [6.45, 7) is 2.69. The maximum absolute atomic E-state index is 14.8. The summed E-state index contributed by atoms with van der Waals surface area (Å²) in [5.74, 6) is -5.07. The molecule has 1 aliphatic rings. The first-order chi connectivity index (χ1) is 14.3. The molecule has 2 aromatic carbocycles. The predicted molar refractivity (Wildman–Crippen MR) is 102 cm³/mol. The lowest BCUT2D eigenvalue weighted by Crippen LogP contribution is -2.12. The van der Waals surface area contributed by atoms with Crippen LogP contribution in [0.4, 0.5) is 26.3 Å². The Morgan fingerprint density at radius 1 is 1.13 bits per heavy atom. The fourth-order valence-electron chi connectivity index (χ4n) is 3.54. The molecule has 1 aliphatic carbocycles. The van der Waals surface area contributed by atoms with E-state index in [2.05, 4.69) is 0 Å². The molecule has 166 valence electrons. The van der Waals surface area contributed by atoms with Crippen molar-refractivity contribution in [1.29, 1.82) is 0 Å². The van der Waals surface area contributed by atoms with Gasteiger partial charge in [-0.2, -0.15) is 13.2 Å². The van der Waals surface area contributed by atoms with Gasteiger partial charge in [0.25, 0.3) is 0 Å². The van der Waals surface area contributed by atoms with Crippen LogP contribution < -0.4 is 0 Å². The average molecular weight is 463 g/mol. The number of carbonyl (C=O) groups is 1. The molecule has 9 heteroatoms. The highest BCUT2D eigenvalue weighted by molar-refractivity contribution is 6.30. The number of hydrogen-bond donors (Lipinski definition) is 0. The van der Waals surface area contributed by atoms with Crippen molar-refractivity contribution >= 4 is 17.6 Å². The standard InChI is InChI=1S/C22H17ClF6O2/c1-21(2)15(9-17(23)22(27,28)29)18(21)20(30)31-10-11-4-3-5-14(19(11)26)13-7-6-12(24)8-16(13)25/h3-9,15,18H,10H2,1-2H3. The molecule has 0 saturated heterocycles. The van der Waals surface area contributed by atoms with Crippen LogP contribution in [0.1, 0.15) is 19.4 Å². The molecule has 0 heterocycles. The summed E-state index contributed by atoms with van der Waals surface area (Å²) in [6, 6.07) is 6.73. The van der Waals surface area contributed by atoms with E-state index in [1.807, 2.05) is 0 Å². The third-order valence-corrected chi connectivity index (χ3v) is 5.77. The van der Waals surface area contributed by atoms with Gasteiger partial charge in [-0.3, -0.25) is 4.79 Å². The van der Waals surface area contributed by atoms with E-state index in [9.17, 15) is 31.1 Å². The Balaban J connectivity index is 1.74. The van der Waals surface area contributed by atoms with E-state index in [1.54, 1.807) is 13.8 Å². The third kappa shape index (κ3) is 4.74. The molecule has 2 unspecified atom stereocenters. The Morgan fingerprint density at radius 2 is 1.81 bits per heavy atom. The molecular weight excluding hydrogens is 446 g/mol. The number of allylic oxidation sites excluding steroid dienone is 2. The molecule has 1 saturated carbocycles. The molecule has 0 spiro atoms. The van der Waals surface area contributed by atoms with Gasteiger partial charge in [-0.05, 0) is 23.5 Å². The minimum atomic E-state index is -4.71. The van der Waals surface area contributed by atoms with Crippen molar-refractivity contribution in [3.05, 3.63) is 70.5 Å². The minimum Gasteiger partial charge on any atom is -0.460 e. The Kier molecular flexibility index (Phi) is 6.15. The highest BCUT2D eigenvalue weighted by atomic mass is 35.5. The number of ether oxygens (including phenoxy) is 1. The first-order valence-corrected chi connectivity index (χ1v) is 9.55. The zero-order valence-electron chi connectivity index (χ0n) is 16.4. The van der Waals surface area contributed by atoms with E-state index >= 15 is 0 Å². The molecule has 2 nitrogen and oxygen atoms in total. The van der Waals surface area contributed by atoms with E-state index in [4.69, 9.17) is 16.3 Å². The summed E-state index contributed by atoms with van der Waals surface area (Å²) in [6.07, 6.45) is -3.93. The molecule has 1 fully saturated rings. The molecule has 0 aliphatic heterocycles. The van der Waals surface area contributed by atoms with Crippen LogP contribution in [-0.4, -0.2) is 12.1 Å². The number of benzene rings is 2. The quantitative estimate of drug-likeness (QED) is 0.362. The van der Waals surface area contributed by atoms with E-state index in [1.165, 1.54) is 18.2 Å². The van der Waals surface area contributed by atoms with Crippen LogP contribution in [0.25, 0.3) is 11.1 Å². The number of hydrogen-bond acceptors (Lipinski definition) is 2. The van der Waals surface area contributed by atoms with Gasteiger partial charge < -0.3 is 4.74 Å². The van der Waals surface area contributed by atoms with Crippen LogP contribution in [0, 0.1) is 34.7 Å². The fourth-order valence-corrected chi connectivity index (χ4v) is 3.67. The van der Waals surface area contributed by atoms with Gasteiger partial charge in [0.05, 0.1) is 5.92 Å². The lowest BCUT2D eigenvalue weighted by molar-refractivity contribution is -0.147. The number of carbonyl (C=O) groups excluding carboxylic acids is 1. The molecule has 0 radical (unpaired) electrons. The average Bonchev–Trinajstić information content (AvgIpc) is 3.20. The minimum absolute atomic E-state index is 0.0616. The molecule has 31 heavy (non-hydrogen) atoms. The van der Waals surface area contributed by atoms with Crippen LogP contribution in [0.2, 0.25) is 0 Å². The third-order valence-electron chi connectivity index (χ3n) is 5.43. The first-order valence-electron chi connectivity index (χ1n) is 9.18. The van der Waals surface area contributed by atoms with Crippen molar-refractivity contribution in [2.75, 3.05) is 0 Å². The van der Waals surface area contributed by atoms with Crippen LogP contribution in [0.3, 0.4) is 0 Å². The van der Waals surface area contributed by atoms with Crippen molar-refractivity contribution in [2.24, 2.45) is 17.3 Å². The second kappa shape index (κ2) is 8.22. The second-order valence-electron chi connectivity index (χ2n) is 7.85. The van der Waals surface area contributed by atoms with Gasteiger partial charge in [-0.15, -0.1) is 0 Å². The van der Waals surface area contributed by atoms with E-state index in [-0.39, 0.29) is 16.7 Å². The molecule has 0 amide bonds. The molecule has 0 bridgehead atoms. The molecule has 3 rings (SSSR count). The highest BCUT2D eigenvalue weighted by Crippen LogP contribution is 2.60. The summed E-state index contributed by atoms with van der Waals surface area (Å²) in [4.78, 5) is 12.4. The number of halogens is 7. The zero-order chi connectivity index (χ0) is 23.1. The van der Waals surface area contributed by atoms with Gasteiger partial charge in [0, 0.05) is 22.8 Å². The van der Waals surface area contributed by atoms with Gasteiger partial charge in [0.1, 0.15) is 29.1 Å². The normalized spacial score (nSPS) is 20.5. The molecule has 0 aromatic heterocycles. The summed E-state index contributed by atoms with van der Waals surface area (Å²) in [5, 5.41) is -1.32. The topological polar surface area (TPSA) is 26.3 Å². The van der Waals surface area contributed by atoms with E-state index in [0.29, 0.717) is 6.07 Å². The number of rotatable bonds is 5. The number of esters is 1. The van der Waals surface area contributed by atoms with Crippen molar-refractivity contribution in [3.63, 3.8) is 0 Å². The summed E-state index contributed by atoms with van der Waals surface area (Å²) in [7, 11) is 0. The molecular formula is C22H17ClF6O2. The zero-order valence-corrected chi connectivity index (χ0v) is 17.1. The summed E-state index contributed by atoms with van der Waals surface area (Å²) < 4.78 is 85.0. The lowest BCUT2D eigenvalue weighted by Gasteiger charge is -2.11. The van der Waals surface area contributed by atoms with E-state index < -0.39 is 58.5 Å². The molecule has 2 aromatic rings. The van der Waals surface area contributed by atoms with Gasteiger partial charge in [0.2, 0.25) is 0 Å². The maximum atomic E-state index is 14.8. The highest BCUT2D eigenvalue weighted by Gasteiger charge is 2.62. The van der Waals surface area contributed by atoms with Gasteiger partial charge in [-0.1, -0.05) is 49.7 Å². The predicted octanol–water partition coefficient (Wildman–Crippen LogP) is 6.77. The van der Waals surface area contributed by atoms with Crippen LogP contribution >= 0.6 is 11.6 Å². The Hall–Kier alpha value is -2.48. The summed E-state index contributed by atoms with van der Waals surface area (Å²) >= 11 is 5.26. The second-order valence-corrected chi connectivity index (χ2v) is 8.25. The van der Waals surface area contributed by atoms with E-state index in [0.717, 1.165) is 18.2 Å². The summed E-state index contributed by atoms with van der Waals surface area (Å²) in [5.41, 5.74) is -1.17. The van der Waals surface area contributed by atoms with Gasteiger partial charge >= 0.3 is 12.1 Å². The van der Waals surface area contributed by atoms with Crippen LogP contribution in [0.5, 0.6) is 0 Å². The van der Waals surface area contributed by atoms with Crippen molar-refractivity contribution in [1.82, 2.24) is 0 Å². The largest absolute Gasteiger partial charge is 0.460 e. The number of alkyl halides is 3. The van der Waals surface area contributed by atoms with Gasteiger partial charge in [-0.25, -0.2) is 13.2 Å². The van der Waals surface area contributed by atoms with Gasteiger partial charge in [0.15, 0.2) is 0 Å². The van der Waals surface area contributed by atoms with Crippen LogP contribution in [0.15, 0.2) is 47.5 Å². The van der Waals surface area contributed by atoms with Crippen LogP contribution in [-0.2, 0) is 16.1 Å². The molecule has 0 N–H and O–H groups in total. The lowest BCUT2D eigenvalue weighted by atomic mass is 10.0. The SMILES string of the molecule is CC1(C)C(C=C(Cl)C(F)(F)F)C1C(=O)OCc1cccc(-c2ccc(F)cc2F)c1F.